The summed E-state index contributed by atoms with van der Waals surface area (Å²) in [6.45, 7) is 0.129. The number of alkyl halides is 2. The molecule has 0 aliphatic carbocycles. The Kier molecular flexibility index (Phi) is 3.76. The molecule has 0 fully saturated rings. The second-order valence-electron chi connectivity index (χ2n) is 3.11. The van der Waals surface area contributed by atoms with Crippen LogP contribution in [-0.2, 0) is 4.74 Å². The van der Waals surface area contributed by atoms with Crippen LogP contribution in [0, 0.1) is 13.8 Å². The molecule has 0 aromatic carbocycles. The van der Waals surface area contributed by atoms with Gasteiger partial charge in [-0.2, -0.15) is 8.78 Å². The van der Waals surface area contributed by atoms with Crippen LogP contribution in [0.2, 0.25) is 0 Å². The van der Waals surface area contributed by atoms with Crippen molar-refractivity contribution in [3.8, 4) is 5.75 Å². The van der Waals surface area contributed by atoms with Crippen LogP contribution < -0.4 is 4.74 Å². The van der Waals surface area contributed by atoms with Crippen molar-refractivity contribution in [1.82, 2.24) is 4.98 Å². The number of methoxy groups -OCH3 is 1. The molecule has 0 spiro atoms. The highest BCUT2D eigenvalue weighted by molar-refractivity contribution is 5.88. The Bertz CT molecular complexity index is 407. The van der Waals surface area contributed by atoms with E-state index >= 15 is 0 Å². The van der Waals surface area contributed by atoms with Crippen molar-refractivity contribution in [2.75, 3.05) is 7.11 Å². The molecule has 1 rings (SSSR count). The summed E-state index contributed by atoms with van der Waals surface area (Å²) >= 11 is 0. The molecule has 0 N–H and O–H groups in total. The number of hydrogen-bond donors (Lipinski definition) is 0. The van der Waals surface area contributed by atoms with Gasteiger partial charge in [-0.15, -0.1) is 0 Å². The number of ether oxygens (including phenoxy) is 2. The minimum Gasteiger partial charge on any atom is -0.464 e. The molecular formula is C10H11F2NO3. The van der Waals surface area contributed by atoms with E-state index in [1.807, 2.05) is 0 Å². The molecule has 0 saturated carbocycles. The average molecular weight is 231 g/mol. The lowest BCUT2D eigenvalue weighted by atomic mass is 10.2. The van der Waals surface area contributed by atoms with E-state index in [4.69, 9.17) is 0 Å². The second-order valence-corrected chi connectivity index (χ2v) is 3.11. The molecule has 0 aliphatic heterocycles. The highest BCUT2D eigenvalue weighted by Gasteiger charge is 2.16. The van der Waals surface area contributed by atoms with E-state index in [-0.39, 0.29) is 17.1 Å². The molecule has 88 valence electrons. The van der Waals surface area contributed by atoms with Gasteiger partial charge in [0.2, 0.25) is 0 Å². The molecule has 4 nitrogen and oxygen atoms in total. The number of halogens is 2. The normalized spacial score (nSPS) is 10.4. The van der Waals surface area contributed by atoms with Crippen molar-refractivity contribution in [3.05, 3.63) is 23.0 Å². The average Bonchev–Trinajstić information content (AvgIpc) is 2.21. The monoisotopic (exact) mass is 231 g/mol. The maximum absolute atomic E-state index is 12.0. The van der Waals surface area contributed by atoms with Gasteiger partial charge in [-0.1, -0.05) is 0 Å². The van der Waals surface area contributed by atoms with Gasteiger partial charge < -0.3 is 9.47 Å². The van der Waals surface area contributed by atoms with Crippen molar-refractivity contribution in [2.45, 2.75) is 20.5 Å². The fraction of sp³-hybridized carbons (Fsp3) is 0.400. The Labute approximate surface area is 91.2 Å². The van der Waals surface area contributed by atoms with Crippen molar-refractivity contribution >= 4 is 5.97 Å². The summed E-state index contributed by atoms with van der Waals surface area (Å²) in [5.74, 6) is -0.649. The molecule has 16 heavy (non-hydrogen) atoms. The second kappa shape index (κ2) is 4.87. The van der Waals surface area contributed by atoms with Gasteiger partial charge in [0.1, 0.15) is 5.75 Å². The summed E-state index contributed by atoms with van der Waals surface area (Å²) in [6, 6.07) is 1.33. The molecule has 0 bridgehead atoms. The summed E-state index contributed by atoms with van der Waals surface area (Å²) in [5.41, 5.74) is 0.737. The summed E-state index contributed by atoms with van der Waals surface area (Å²) in [5, 5.41) is 0. The predicted molar refractivity (Wildman–Crippen MR) is 51.7 cm³/mol. The van der Waals surface area contributed by atoms with Crippen LogP contribution in [0.4, 0.5) is 8.78 Å². The third-order valence-electron chi connectivity index (χ3n) is 1.95. The zero-order chi connectivity index (χ0) is 12.3. The summed E-state index contributed by atoms with van der Waals surface area (Å²) in [4.78, 5) is 15.1. The first-order chi connectivity index (χ1) is 7.45. The van der Waals surface area contributed by atoms with Crippen LogP contribution in [0.1, 0.15) is 21.7 Å². The van der Waals surface area contributed by atoms with Crippen molar-refractivity contribution < 1.29 is 23.0 Å². The molecule has 6 heteroatoms. The quantitative estimate of drug-likeness (QED) is 0.747. The third-order valence-corrected chi connectivity index (χ3v) is 1.95. The van der Waals surface area contributed by atoms with Gasteiger partial charge in [-0.25, -0.2) is 9.78 Å². The lowest BCUT2D eigenvalue weighted by Crippen LogP contribution is -2.10. The molecule has 0 radical (unpaired) electrons. The van der Waals surface area contributed by atoms with Crippen LogP contribution in [-0.4, -0.2) is 24.7 Å². The van der Waals surface area contributed by atoms with Gasteiger partial charge in [0, 0.05) is 0 Å². The largest absolute Gasteiger partial charge is 0.464 e. The molecule has 1 aromatic rings. The Hall–Kier alpha value is -1.72. The van der Waals surface area contributed by atoms with Gasteiger partial charge in [0.05, 0.1) is 12.8 Å². The zero-order valence-electron chi connectivity index (χ0n) is 9.08. The van der Waals surface area contributed by atoms with Gasteiger partial charge in [0.15, 0.2) is 5.69 Å². The molecule has 0 amide bonds. The Morgan fingerprint density at radius 1 is 1.44 bits per heavy atom. The topological polar surface area (TPSA) is 48.4 Å². The number of carbonyl (C=O) groups is 1. The van der Waals surface area contributed by atoms with Gasteiger partial charge >= 0.3 is 12.6 Å². The maximum Gasteiger partial charge on any atom is 0.387 e. The number of nitrogens with zero attached hydrogens (tertiary/aromatic N) is 1. The minimum atomic E-state index is -2.91. The molecular weight excluding hydrogens is 220 g/mol. The Balaban J connectivity index is 3.11. The van der Waals surface area contributed by atoms with E-state index in [9.17, 15) is 13.6 Å². The molecule has 1 heterocycles. The van der Waals surface area contributed by atoms with E-state index in [0.29, 0.717) is 5.56 Å². The van der Waals surface area contributed by atoms with Gasteiger partial charge in [-0.3, -0.25) is 0 Å². The van der Waals surface area contributed by atoms with Crippen LogP contribution >= 0.6 is 0 Å². The van der Waals surface area contributed by atoms with E-state index in [1.165, 1.54) is 20.1 Å². The Morgan fingerprint density at radius 3 is 2.56 bits per heavy atom. The highest BCUT2D eigenvalue weighted by atomic mass is 19.3. The predicted octanol–water partition coefficient (Wildman–Crippen LogP) is 2.09. The number of aromatic nitrogens is 1. The van der Waals surface area contributed by atoms with E-state index in [2.05, 4.69) is 14.5 Å². The lowest BCUT2D eigenvalue weighted by molar-refractivity contribution is -0.0505. The van der Waals surface area contributed by atoms with Gasteiger partial charge in [0.25, 0.3) is 0 Å². The fourth-order valence-electron chi connectivity index (χ4n) is 1.20. The SMILES string of the molecule is COC(=O)c1nc(C)c(OC(F)F)cc1C. The van der Waals surface area contributed by atoms with Crippen LogP contribution in [0.25, 0.3) is 0 Å². The summed E-state index contributed by atoms with van der Waals surface area (Å²) in [6.07, 6.45) is 0. The smallest absolute Gasteiger partial charge is 0.387 e. The van der Waals surface area contributed by atoms with Crippen molar-refractivity contribution in [1.29, 1.82) is 0 Å². The van der Waals surface area contributed by atoms with E-state index < -0.39 is 12.6 Å². The number of esters is 1. The number of aryl methyl sites for hydroxylation is 2. The first-order valence-electron chi connectivity index (χ1n) is 4.47. The van der Waals surface area contributed by atoms with Crippen molar-refractivity contribution in [2.24, 2.45) is 0 Å². The molecule has 0 atom stereocenters. The van der Waals surface area contributed by atoms with Crippen LogP contribution in [0.5, 0.6) is 5.75 Å². The number of carbonyl (C=O) groups excluding carboxylic acids is 1. The van der Waals surface area contributed by atoms with Gasteiger partial charge in [-0.05, 0) is 25.5 Å². The zero-order valence-corrected chi connectivity index (χ0v) is 9.08. The highest BCUT2D eigenvalue weighted by Crippen LogP contribution is 2.21. The molecule has 0 saturated heterocycles. The Morgan fingerprint density at radius 2 is 2.06 bits per heavy atom. The minimum absolute atomic E-state index is 0.0415. The van der Waals surface area contributed by atoms with Crippen molar-refractivity contribution in [3.63, 3.8) is 0 Å². The fourth-order valence-corrected chi connectivity index (χ4v) is 1.20. The van der Waals surface area contributed by atoms with E-state index in [1.54, 1.807) is 6.92 Å². The first-order valence-corrected chi connectivity index (χ1v) is 4.47. The van der Waals surface area contributed by atoms with E-state index in [0.717, 1.165) is 0 Å². The summed E-state index contributed by atoms with van der Waals surface area (Å²) in [7, 11) is 1.22. The maximum atomic E-state index is 12.0. The molecule has 0 aliphatic rings. The number of rotatable bonds is 3. The standard InChI is InChI=1S/C10H11F2NO3/c1-5-4-7(16-10(11)12)6(2)13-8(5)9(14)15-3/h4,10H,1-3H3. The molecule has 0 unspecified atom stereocenters. The number of pyridine rings is 1. The van der Waals surface area contributed by atoms with Crippen LogP contribution in [0.3, 0.4) is 0 Å². The summed E-state index contributed by atoms with van der Waals surface area (Å²) < 4.78 is 32.8. The first kappa shape index (κ1) is 12.4. The third kappa shape index (κ3) is 2.65. The molecule has 1 aromatic heterocycles. The van der Waals surface area contributed by atoms with Crippen LogP contribution in [0.15, 0.2) is 6.07 Å². The lowest BCUT2D eigenvalue weighted by Gasteiger charge is -2.10. The number of hydrogen-bond acceptors (Lipinski definition) is 4.